The van der Waals surface area contributed by atoms with E-state index < -0.39 is 5.97 Å². The third-order valence-corrected chi connectivity index (χ3v) is 5.16. The molecule has 114 valence electrons. The minimum Gasteiger partial charge on any atom is -0.477 e. The quantitative estimate of drug-likeness (QED) is 0.861. The van der Waals surface area contributed by atoms with Crippen LogP contribution in [0.4, 0.5) is 0 Å². The predicted molar refractivity (Wildman–Crippen MR) is 88.3 cm³/mol. The van der Waals surface area contributed by atoms with Gasteiger partial charge >= 0.3 is 5.97 Å². The average Bonchev–Trinajstić information content (AvgIpc) is 2.78. The summed E-state index contributed by atoms with van der Waals surface area (Å²) >= 11 is 1.35. The Balaban J connectivity index is 2.21. The maximum Gasteiger partial charge on any atom is 0.346 e. The van der Waals surface area contributed by atoms with Crippen molar-refractivity contribution in [2.24, 2.45) is 0 Å². The Morgan fingerprint density at radius 2 is 2.00 bits per heavy atom. The lowest BCUT2D eigenvalue weighted by molar-refractivity contribution is 0.0701. The lowest BCUT2D eigenvalue weighted by atomic mass is 10.0. The molecule has 4 nitrogen and oxygen atoms in total. The molecule has 0 fully saturated rings. The van der Waals surface area contributed by atoms with E-state index in [0.717, 1.165) is 22.2 Å². The van der Waals surface area contributed by atoms with Crippen molar-refractivity contribution in [1.82, 2.24) is 10.2 Å². The van der Waals surface area contributed by atoms with Gasteiger partial charge in [-0.05, 0) is 45.0 Å². The first kappa shape index (κ1) is 15.9. The van der Waals surface area contributed by atoms with Gasteiger partial charge in [0.15, 0.2) is 0 Å². The van der Waals surface area contributed by atoms with Crippen LogP contribution < -0.4 is 5.32 Å². The molecule has 2 rings (SSSR count). The topological polar surface area (TPSA) is 52.6 Å². The van der Waals surface area contributed by atoms with Crippen LogP contribution in [0.25, 0.3) is 10.1 Å². The Bertz CT molecular complexity index is 647. The molecule has 2 aromatic rings. The predicted octanol–water partition coefficient (Wildman–Crippen LogP) is 3.03. The molecule has 1 aromatic heterocycles. The molecular formula is C16H22N2O2S. The summed E-state index contributed by atoms with van der Waals surface area (Å²) in [6.45, 7) is 5.68. The second kappa shape index (κ2) is 6.13. The lowest BCUT2D eigenvalue weighted by Gasteiger charge is -2.32. The zero-order valence-corrected chi connectivity index (χ0v) is 13.8. The number of hydrogen-bond donors (Lipinski definition) is 2. The summed E-state index contributed by atoms with van der Waals surface area (Å²) < 4.78 is 1.03. The van der Waals surface area contributed by atoms with Crippen molar-refractivity contribution in [2.75, 3.05) is 20.6 Å². The van der Waals surface area contributed by atoms with Gasteiger partial charge in [-0.25, -0.2) is 4.79 Å². The van der Waals surface area contributed by atoms with E-state index in [1.165, 1.54) is 11.3 Å². The molecule has 0 radical (unpaired) electrons. The van der Waals surface area contributed by atoms with Crippen LogP contribution in [0.15, 0.2) is 24.3 Å². The number of aromatic carboxylic acids is 1. The van der Waals surface area contributed by atoms with E-state index in [9.17, 15) is 9.90 Å². The van der Waals surface area contributed by atoms with Crippen LogP contribution in [0.3, 0.4) is 0 Å². The van der Waals surface area contributed by atoms with E-state index in [4.69, 9.17) is 0 Å². The highest BCUT2D eigenvalue weighted by Gasteiger charge is 2.21. The number of rotatable bonds is 6. The molecule has 5 heteroatoms. The van der Waals surface area contributed by atoms with Crippen LogP contribution in [-0.2, 0) is 6.54 Å². The Morgan fingerprint density at radius 1 is 1.33 bits per heavy atom. The molecule has 0 amide bonds. The third-order valence-electron chi connectivity index (χ3n) is 3.96. The van der Waals surface area contributed by atoms with E-state index >= 15 is 0 Å². The molecule has 21 heavy (non-hydrogen) atoms. The number of thiophene rings is 1. The molecule has 0 saturated heterocycles. The Kier molecular flexibility index (Phi) is 4.66. The number of carboxylic acids is 1. The number of carboxylic acid groups (broad SMARTS) is 1. The van der Waals surface area contributed by atoms with Gasteiger partial charge in [0.1, 0.15) is 4.88 Å². The lowest BCUT2D eigenvalue weighted by Crippen LogP contribution is -2.46. The molecule has 0 aliphatic carbocycles. The van der Waals surface area contributed by atoms with Crippen molar-refractivity contribution in [3.8, 4) is 0 Å². The Labute approximate surface area is 129 Å². The fraction of sp³-hybridized carbons (Fsp3) is 0.438. The van der Waals surface area contributed by atoms with Gasteiger partial charge in [0.05, 0.1) is 0 Å². The first-order valence-electron chi connectivity index (χ1n) is 6.95. The molecule has 0 atom stereocenters. The minimum absolute atomic E-state index is 0.0230. The first-order chi connectivity index (χ1) is 9.83. The number of benzene rings is 1. The number of likely N-dealkylation sites (N-methyl/N-ethyl adjacent to an activating group) is 1. The monoisotopic (exact) mass is 306 g/mol. The van der Waals surface area contributed by atoms with Gasteiger partial charge in [-0.2, -0.15) is 0 Å². The van der Waals surface area contributed by atoms with Gasteiger partial charge in [0.2, 0.25) is 0 Å². The first-order valence-corrected chi connectivity index (χ1v) is 7.76. The second-order valence-corrected chi connectivity index (χ2v) is 7.07. The van der Waals surface area contributed by atoms with E-state index in [-0.39, 0.29) is 5.54 Å². The van der Waals surface area contributed by atoms with Crippen molar-refractivity contribution in [2.45, 2.75) is 25.9 Å². The molecule has 0 aliphatic rings. The standard InChI is InChI=1S/C16H22N2O2S/c1-16(2,18(3)4)10-17-9-12-11-7-5-6-8-13(11)21-14(12)15(19)20/h5-8,17H,9-10H2,1-4H3,(H,19,20). The van der Waals surface area contributed by atoms with Gasteiger partial charge in [-0.15, -0.1) is 11.3 Å². The van der Waals surface area contributed by atoms with Gasteiger partial charge in [-0.3, -0.25) is 0 Å². The molecule has 0 unspecified atom stereocenters. The summed E-state index contributed by atoms with van der Waals surface area (Å²) in [4.78, 5) is 14.0. The summed E-state index contributed by atoms with van der Waals surface area (Å²) in [5.74, 6) is -0.847. The van der Waals surface area contributed by atoms with Crippen LogP contribution in [-0.4, -0.2) is 42.2 Å². The van der Waals surface area contributed by atoms with E-state index in [0.29, 0.717) is 11.4 Å². The zero-order valence-electron chi connectivity index (χ0n) is 12.9. The highest BCUT2D eigenvalue weighted by Crippen LogP contribution is 2.31. The zero-order chi connectivity index (χ0) is 15.6. The van der Waals surface area contributed by atoms with Gasteiger partial charge in [0, 0.05) is 23.3 Å². The fourth-order valence-electron chi connectivity index (χ4n) is 2.10. The normalized spacial score (nSPS) is 12.2. The molecule has 1 heterocycles. The summed E-state index contributed by atoms with van der Waals surface area (Å²) in [7, 11) is 4.09. The van der Waals surface area contributed by atoms with Crippen molar-refractivity contribution < 1.29 is 9.90 Å². The molecule has 0 aliphatic heterocycles. The summed E-state index contributed by atoms with van der Waals surface area (Å²) in [6, 6.07) is 7.86. The van der Waals surface area contributed by atoms with Crippen LogP contribution in [0.2, 0.25) is 0 Å². The molecule has 2 N–H and O–H groups in total. The maximum absolute atomic E-state index is 11.4. The van der Waals surface area contributed by atoms with Crippen molar-refractivity contribution in [1.29, 1.82) is 0 Å². The number of fused-ring (bicyclic) bond motifs is 1. The van der Waals surface area contributed by atoms with Gasteiger partial charge < -0.3 is 15.3 Å². The van der Waals surface area contributed by atoms with Crippen LogP contribution >= 0.6 is 11.3 Å². The minimum atomic E-state index is -0.847. The molecule has 0 saturated carbocycles. The van der Waals surface area contributed by atoms with E-state index in [1.54, 1.807) is 0 Å². The van der Waals surface area contributed by atoms with Crippen LogP contribution in [0, 0.1) is 0 Å². The highest BCUT2D eigenvalue weighted by molar-refractivity contribution is 7.21. The largest absolute Gasteiger partial charge is 0.477 e. The number of nitrogens with one attached hydrogen (secondary N) is 1. The van der Waals surface area contributed by atoms with Crippen molar-refractivity contribution in [3.05, 3.63) is 34.7 Å². The van der Waals surface area contributed by atoms with Crippen LogP contribution in [0.5, 0.6) is 0 Å². The van der Waals surface area contributed by atoms with Crippen LogP contribution in [0.1, 0.15) is 29.1 Å². The van der Waals surface area contributed by atoms with Gasteiger partial charge in [0.25, 0.3) is 0 Å². The van der Waals surface area contributed by atoms with Crippen molar-refractivity contribution >= 4 is 27.4 Å². The summed E-state index contributed by atoms with van der Waals surface area (Å²) in [5.41, 5.74) is 0.910. The summed E-state index contributed by atoms with van der Waals surface area (Å²) in [6.07, 6.45) is 0. The Morgan fingerprint density at radius 3 is 2.62 bits per heavy atom. The number of hydrogen-bond acceptors (Lipinski definition) is 4. The van der Waals surface area contributed by atoms with Crippen molar-refractivity contribution in [3.63, 3.8) is 0 Å². The third kappa shape index (κ3) is 3.43. The number of nitrogens with zero attached hydrogens (tertiary/aromatic N) is 1. The SMILES string of the molecule is CN(C)C(C)(C)CNCc1c(C(=O)O)sc2ccccc12. The summed E-state index contributed by atoms with van der Waals surface area (Å²) in [5, 5.41) is 13.8. The Hall–Kier alpha value is -1.43. The molecular weight excluding hydrogens is 284 g/mol. The van der Waals surface area contributed by atoms with E-state index in [1.807, 2.05) is 38.4 Å². The molecule has 1 aromatic carbocycles. The second-order valence-electron chi connectivity index (χ2n) is 6.02. The smallest absolute Gasteiger partial charge is 0.346 e. The maximum atomic E-state index is 11.4. The highest BCUT2D eigenvalue weighted by atomic mass is 32.1. The van der Waals surface area contributed by atoms with E-state index in [2.05, 4.69) is 24.1 Å². The number of carbonyl (C=O) groups is 1. The molecule has 0 spiro atoms. The average molecular weight is 306 g/mol. The molecule has 0 bridgehead atoms. The fourth-order valence-corrected chi connectivity index (χ4v) is 3.16. The van der Waals surface area contributed by atoms with Gasteiger partial charge in [-0.1, -0.05) is 18.2 Å².